The van der Waals surface area contributed by atoms with Gasteiger partial charge in [0.05, 0.1) is 99.4 Å². The molecule has 1 saturated carbocycles. The average molecular weight is 1230 g/mol. The Morgan fingerprint density at radius 2 is 1.02 bits per heavy atom. The maximum Gasteiger partial charge on any atom is 0.407 e. The molecule has 7 amide bonds. The molecule has 2 aromatic rings. The first-order valence-electron chi connectivity index (χ1n) is 28.5. The number of nitrogens with zero attached hydrogens (tertiary/aromatic N) is 10. The minimum Gasteiger partial charge on any atom is -0.444 e. The van der Waals surface area contributed by atoms with Crippen molar-refractivity contribution in [3.63, 3.8) is 0 Å². The number of alkyl carbamates (subject to hydrolysis) is 1. The van der Waals surface area contributed by atoms with Crippen molar-refractivity contribution in [3.8, 4) is 0 Å². The Morgan fingerprint density at radius 3 is 1.47 bits per heavy atom. The van der Waals surface area contributed by atoms with Crippen LogP contribution in [0.4, 0.5) is 14.4 Å². The van der Waals surface area contributed by atoms with Crippen molar-refractivity contribution in [2.24, 2.45) is 10.8 Å². The molecule has 482 valence electrons. The lowest BCUT2D eigenvalue weighted by atomic mass is 9.41. The molecule has 7 aliphatic rings. The maximum absolute atomic E-state index is 15.3. The molecule has 8 heterocycles. The average Bonchev–Trinajstić information content (AvgIpc) is 0.699. The fraction of sp³-hybridized carbons (Fsp3) is 0.824. The second kappa shape index (κ2) is 26.8. The van der Waals surface area contributed by atoms with E-state index in [-0.39, 0.29) is 65.4 Å². The number of hydrogen-bond donors (Lipinski definition) is 11. The SMILES string of the molecule is CC(C)(C)OC(=O)NCCO[C@H]1O[C@H](CO)[C@@H](O)[C@@H]2OCn3cc(nn3)CCCN3C(=O)N(CCO[C@H]4O[C@H](CO)[C@@H](O)[C@H](O)[C@@H]4O)C(=O)C4(C)C3C3N(CCCc5cn(nn5)CO[C@H]12)C(=O)N(CCO[C@H]1O[C@H](CO)[C@@H](O)[C@H](O)[C@@H]1O)C(=O)C34C. The van der Waals surface area contributed by atoms with Gasteiger partial charge in [-0.3, -0.25) is 19.4 Å². The molecular formula is C51H79N11O24. The second-order valence-corrected chi connectivity index (χ2v) is 23.5. The summed E-state index contributed by atoms with van der Waals surface area (Å²) in [7, 11) is 0. The molecule has 4 unspecified atom stereocenters. The number of amides is 7. The quantitative estimate of drug-likeness (QED) is 0.0739. The molecular weight excluding hydrogens is 1150 g/mol. The number of carbonyl (C=O) groups is 5. The van der Waals surface area contributed by atoms with E-state index in [1.807, 2.05) is 0 Å². The van der Waals surface area contributed by atoms with Gasteiger partial charge in [0.25, 0.3) is 0 Å². The first kappa shape index (κ1) is 65.2. The van der Waals surface area contributed by atoms with Crippen LogP contribution in [0.25, 0.3) is 0 Å². The predicted molar refractivity (Wildman–Crippen MR) is 279 cm³/mol. The molecule has 11 N–H and O–H groups in total. The van der Waals surface area contributed by atoms with Gasteiger partial charge < -0.3 is 109 Å². The fourth-order valence-corrected chi connectivity index (χ4v) is 12.3. The van der Waals surface area contributed by atoms with Crippen LogP contribution in [-0.2, 0) is 78.5 Å². The second-order valence-electron chi connectivity index (χ2n) is 23.5. The van der Waals surface area contributed by atoms with E-state index in [0.717, 1.165) is 9.80 Å². The van der Waals surface area contributed by atoms with E-state index in [0.29, 0.717) is 11.4 Å². The van der Waals surface area contributed by atoms with Crippen LogP contribution in [0.5, 0.6) is 0 Å². The van der Waals surface area contributed by atoms with Crippen LogP contribution >= 0.6 is 0 Å². The van der Waals surface area contributed by atoms with Crippen LogP contribution in [0.2, 0.25) is 0 Å². The van der Waals surface area contributed by atoms with E-state index < -0.39 is 197 Å². The van der Waals surface area contributed by atoms with Gasteiger partial charge in [-0.1, -0.05) is 10.4 Å². The van der Waals surface area contributed by atoms with Gasteiger partial charge in [0.15, 0.2) is 18.9 Å². The molecule has 6 fully saturated rings. The molecule has 5 saturated heterocycles. The predicted octanol–water partition coefficient (Wildman–Crippen LogP) is -6.32. The van der Waals surface area contributed by atoms with Crippen molar-refractivity contribution < 1.29 is 118 Å². The number of aromatic nitrogens is 6. The summed E-state index contributed by atoms with van der Waals surface area (Å²) in [5.41, 5.74) is -3.54. The Kier molecular flexibility index (Phi) is 20.3. The number of aliphatic hydroxyl groups excluding tert-OH is 10. The van der Waals surface area contributed by atoms with Gasteiger partial charge >= 0.3 is 18.2 Å². The summed E-state index contributed by atoms with van der Waals surface area (Å²) in [5, 5.41) is 124. The molecule has 0 radical (unpaired) electrons. The third-order valence-electron chi connectivity index (χ3n) is 16.9. The smallest absolute Gasteiger partial charge is 0.407 e. The number of rotatable bonds is 15. The minimum absolute atomic E-state index is 0.0311. The lowest BCUT2D eigenvalue weighted by Crippen LogP contribution is -2.91. The standard InChI is InChI=1S/C51H79N11O24/c1-49(2,3)86-46(75)52-10-15-78-43-38-37(32(68)29(22-65)85-43)81-23-57-18-25(53-55-57)8-6-11-59-39-40-51(5,50(39,4)44(73)61(47(59)76)13-16-79-41-35(71)33(69)30(66)27(20-63)83-41)45(74)62(14-17-80-42-36(72)34(70)31(67)28(21-64)84-42)48(77)60(40)12-7-9-26-19-58(24-82-38)56-54-26/h18-19,27-43,63-72H,6-17,20-24H2,1-5H3,(H,52,75)/t27-,28-,29-,30-,31-,32-,33+,34+,35+,36+,37+,38+,39?,40?,41+,42+,43+,50?,51?/m1/s1. The Balaban J connectivity index is 1.00. The van der Waals surface area contributed by atoms with E-state index in [2.05, 4.69) is 25.9 Å². The Hall–Kier alpha value is -5.29. The number of aryl methyl sites for hydroxylation is 2. The molecule has 19 atom stereocenters. The van der Waals surface area contributed by atoms with Crippen molar-refractivity contribution in [1.29, 1.82) is 0 Å². The zero-order chi connectivity index (χ0) is 62.2. The summed E-state index contributed by atoms with van der Waals surface area (Å²) < 4.78 is 55.0. The van der Waals surface area contributed by atoms with Crippen molar-refractivity contribution >= 4 is 30.0 Å². The number of hydrogen-bond acceptors (Lipinski definition) is 28. The molecule has 9 rings (SSSR count). The van der Waals surface area contributed by atoms with Crippen molar-refractivity contribution in [3.05, 3.63) is 23.8 Å². The third-order valence-corrected chi connectivity index (χ3v) is 16.9. The Labute approximate surface area is 492 Å². The molecule has 35 heteroatoms. The summed E-state index contributed by atoms with van der Waals surface area (Å²) in [4.78, 5) is 77.6. The third kappa shape index (κ3) is 12.7. The van der Waals surface area contributed by atoms with Crippen LogP contribution < -0.4 is 5.32 Å². The van der Waals surface area contributed by atoms with Gasteiger partial charge in [-0.15, -0.1) is 10.2 Å². The topological polar surface area (TPSA) is 457 Å². The molecule has 0 aromatic carbocycles. The normalized spacial score (nSPS) is 37.5. The van der Waals surface area contributed by atoms with Gasteiger partial charge in [-0.2, -0.15) is 0 Å². The summed E-state index contributed by atoms with van der Waals surface area (Å²) >= 11 is 0. The van der Waals surface area contributed by atoms with E-state index in [1.165, 1.54) is 33.0 Å². The lowest BCUT2D eigenvalue weighted by Gasteiger charge is -2.73. The highest BCUT2D eigenvalue weighted by molar-refractivity contribution is 6.11. The summed E-state index contributed by atoms with van der Waals surface area (Å²) in [5.74, 6) is -1.64. The zero-order valence-electron chi connectivity index (χ0n) is 48.2. The van der Waals surface area contributed by atoms with Gasteiger partial charge in [0.2, 0.25) is 11.8 Å². The zero-order valence-corrected chi connectivity index (χ0v) is 48.2. The summed E-state index contributed by atoms with van der Waals surface area (Å²) in [6.45, 7) is 3.00. The van der Waals surface area contributed by atoms with E-state index in [4.69, 9.17) is 42.6 Å². The monoisotopic (exact) mass is 1230 g/mol. The van der Waals surface area contributed by atoms with Crippen LogP contribution in [-0.4, -0.2) is 313 Å². The van der Waals surface area contributed by atoms with Crippen LogP contribution in [0, 0.1) is 10.8 Å². The van der Waals surface area contributed by atoms with Crippen LogP contribution in [0.3, 0.4) is 0 Å². The molecule has 4 bridgehead atoms. The minimum atomic E-state index is -1.81. The van der Waals surface area contributed by atoms with Gasteiger partial charge in [-0.05, 0) is 60.3 Å². The highest BCUT2D eigenvalue weighted by Crippen LogP contribution is 2.65. The number of imide groups is 2. The number of carbonyl (C=O) groups excluding carboxylic acids is 5. The molecule has 2 aromatic heterocycles. The lowest BCUT2D eigenvalue weighted by molar-refractivity contribution is -0.324. The van der Waals surface area contributed by atoms with Crippen LogP contribution in [0.1, 0.15) is 58.8 Å². The van der Waals surface area contributed by atoms with Gasteiger partial charge in [0, 0.05) is 19.6 Å². The number of urea groups is 2. The highest BCUT2D eigenvalue weighted by atomic mass is 16.7. The van der Waals surface area contributed by atoms with Crippen molar-refractivity contribution in [2.75, 3.05) is 72.4 Å². The summed E-state index contributed by atoms with van der Waals surface area (Å²) in [6.07, 6.45) is -19.9. The summed E-state index contributed by atoms with van der Waals surface area (Å²) in [6, 6.07) is -3.93. The van der Waals surface area contributed by atoms with E-state index >= 15 is 19.2 Å². The molecule has 6 aliphatic heterocycles. The van der Waals surface area contributed by atoms with Gasteiger partial charge in [0.1, 0.15) is 92.3 Å². The van der Waals surface area contributed by atoms with Crippen molar-refractivity contribution in [1.82, 2.24) is 54.9 Å². The van der Waals surface area contributed by atoms with Crippen molar-refractivity contribution in [2.45, 2.75) is 184 Å². The van der Waals surface area contributed by atoms with Crippen LogP contribution in [0.15, 0.2) is 12.4 Å². The largest absolute Gasteiger partial charge is 0.444 e. The Bertz CT molecular complexity index is 2680. The molecule has 0 spiro atoms. The number of ether oxygens (including phenoxy) is 9. The fourth-order valence-electron chi connectivity index (χ4n) is 12.3. The number of fused-ring (bicyclic) bond motifs is 6. The molecule has 35 nitrogen and oxygen atoms in total. The maximum atomic E-state index is 15.3. The number of aliphatic hydroxyl groups is 10. The first-order valence-corrected chi connectivity index (χ1v) is 28.5. The molecule has 86 heavy (non-hydrogen) atoms. The molecule has 1 aliphatic carbocycles. The first-order chi connectivity index (χ1) is 40.9. The highest BCUT2D eigenvalue weighted by Gasteiger charge is 2.82. The van der Waals surface area contributed by atoms with E-state index in [9.17, 15) is 55.9 Å². The Morgan fingerprint density at radius 1 is 0.605 bits per heavy atom. The van der Waals surface area contributed by atoms with Gasteiger partial charge in [-0.25, -0.2) is 23.7 Å². The number of nitrogens with one attached hydrogen (secondary N) is 1. The van der Waals surface area contributed by atoms with E-state index in [1.54, 1.807) is 33.2 Å².